The summed E-state index contributed by atoms with van der Waals surface area (Å²) < 4.78 is 5.45. The van der Waals surface area contributed by atoms with E-state index in [2.05, 4.69) is 35.3 Å². The van der Waals surface area contributed by atoms with Crippen molar-refractivity contribution in [2.24, 2.45) is 0 Å². The van der Waals surface area contributed by atoms with Gasteiger partial charge in [-0.15, -0.1) is 0 Å². The summed E-state index contributed by atoms with van der Waals surface area (Å²) in [4.78, 5) is 0. The molecule has 92 valence electrons. The van der Waals surface area contributed by atoms with E-state index in [0.717, 1.165) is 17.5 Å². The van der Waals surface area contributed by atoms with Gasteiger partial charge in [-0.2, -0.15) is 11.8 Å². The van der Waals surface area contributed by atoms with Gasteiger partial charge in [0, 0.05) is 11.8 Å². The fourth-order valence-electron chi connectivity index (χ4n) is 3.03. The lowest BCUT2D eigenvalue weighted by Gasteiger charge is -2.31. The smallest absolute Gasteiger partial charge is 0.142 e. The van der Waals surface area contributed by atoms with E-state index in [0.29, 0.717) is 5.92 Å². The molecule has 1 aromatic rings. The van der Waals surface area contributed by atoms with Crippen LogP contribution in [-0.4, -0.2) is 24.7 Å². The Bertz CT molecular complexity index is 401. The Balaban J connectivity index is 1.95. The highest BCUT2D eigenvalue weighted by molar-refractivity contribution is 8.00. The molecule has 17 heavy (non-hydrogen) atoms. The van der Waals surface area contributed by atoms with E-state index < -0.39 is 0 Å². The molecule has 0 aromatic heterocycles. The minimum atomic E-state index is 0.717. The Hall–Kier alpha value is -0.830. The minimum Gasteiger partial charge on any atom is -0.495 e. The first-order valence-electron chi connectivity index (χ1n) is 6.42. The molecule has 0 spiro atoms. The van der Waals surface area contributed by atoms with Gasteiger partial charge in [0.1, 0.15) is 5.75 Å². The van der Waals surface area contributed by atoms with Crippen LogP contribution in [-0.2, 0) is 0 Å². The van der Waals surface area contributed by atoms with Gasteiger partial charge in [0.2, 0.25) is 0 Å². The number of methoxy groups -OCH3 is 1. The topological polar surface area (TPSA) is 21.3 Å². The number of thioether (sulfide) groups is 1. The predicted octanol–water partition coefficient (Wildman–Crippen LogP) is 3.49. The monoisotopic (exact) mass is 249 g/mol. The Labute approximate surface area is 107 Å². The largest absolute Gasteiger partial charge is 0.495 e. The molecule has 2 aliphatic rings. The normalized spacial score (nSPS) is 27.4. The molecule has 2 aliphatic heterocycles. The highest BCUT2D eigenvalue weighted by Gasteiger charge is 2.31. The summed E-state index contributed by atoms with van der Waals surface area (Å²) in [6.07, 6.45) is 4.03. The summed E-state index contributed by atoms with van der Waals surface area (Å²) >= 11 is 2.16. The molecule has 3 heteroatoms. The first kappa shape index (κ1) is 11.3. The van der Waals surface area contributed by atoms with Gasteiger partial charge in [-0.25, -0.2) is 0 Å². The van der Waals surface area contributed by atoms with Crippen LogP contribution in [0.3, 0.4) is 0 Å². The second-order valence-electron chi connectivity index (χ2n) is 4.80. The third-order valence-electron chi connectivity index (χ3n) is 3.85. The lowest BCUT2D eigenvalue weighted by atomic mass is 9.86. The van der Waals surface area contributed by atoms with Crippen LogP contribution in [0.2, 0.25) is 0 Å². The van der Waals surface area contributed by atoms with Crippen molar-refractivity contribution in [3.05, 3.63) is 23.8 Å². The van der Waals surface area contributed by atoms with E-state index in [-0.39, 0.29) is 0 Å². The lowest BCUT2D eigenvalue weighted by Crippen LogP contribution is -2.23. The fourth-order valence-corrected chi connectivity index (χ4v) is 4.52. The summed E-state index contributed by atoms with van der Waals surface area (Å²) in [7, 11) is 1.76. The standard InChI is InChI=1S/C14H19NOS/c1-16-12-5-2-4-11-10(7-8-15-14(11)12)13-6-3-9-17-13/h2,4-5,10,13,15H,3,6-9H2,1H3. The molecule has 1 aromatic carbocycles. The number of anilines is 1. The summed E-state index contributed by atoms with van der Waals surface area (Å²) in [6.45, 7) is 1.08. The second kappa shape index (κ2) is 4.81. The Kier molecular flexibility index (Phi) is 3.19. The number of nitrogens with one attached hydrogen (secondary N) is 1. The van der Waals surface area contributed by atoms with Crippen molar-refractivity contribution in [1.82, 2.24) is 0 Å². The zero-order chi connectivity index (χ0) is 11.7. The molecule has 2 heterocycles. The van der Waals surface area contributed by atoms with Crippen LogP contribution in [0.15, 0.2) is 18.2 Å². The number of para-hydroxylation sites is 1. The molecule has 2 unspecified atom stereocenters. The molecule has 1 fully saturated rings. The minimum absolute atomic E-state index is 0.717. The third-order valence-corrected chi connectivity index (χ3v) is 5.37. The number of fused-ring (bicyclic) bond motifs is 1. The van der Waals surface area contributed by atoms with E-state index >= 15 is 0 Å². The van der Waals surface area contributed by atoms with Crippen LogP contribution in [0.5, 0.6) is 5.75 Å². The van der Waals surface area contributed by atoms with Gasteiger partial charge in [0.15, 0.2) is 0 Å². The maximum atomic E-state index is 5.45. The van der Waals surface area contributed by atoms with Crippen molar-refractivity contribution in [1.29, 1.82) is 0 Å². The van der Waals surface area contributed by atoms with Crippen molar-refractivity contribution in [3.8, 4) is 5.75 Å². The molecule has 3 rings (SSSR count). The summed E-state index contributed by atoms with van der Waals surface area (Å²) in [5.41, 5.74) is 2.70. The zero-order valence-corrected chi connectivity index (χ0v) is 11.1. The van der Waals surface area contributed by atoms with Crippen molar-refractivity contribution >= 4 is 17.4 Å². The predicted molar refractivity (Wildman–Crippen MR) is 74.3 cm³/mol. The average molecular weight is 249 g/mol. The van der Waals surface area contributed by atoms with Gasteiger partial charge < -0.3 is 10.1 Å². The van der Waals surface area contributed by atoms with E-state index in [4.69, 9.17) is 4.74 Å². The molecule has 1 N–H and O–H groups in total. The second-order valence-corrected chi connectivity index (χ2v) is 6.14. The number of benzene rings is 1. The van der Waals surface area contributed by atoms with Crippen molar-refractivity contribution in [2.45, 2.75) is 30.4 Å². The Morgan fingerprint density at radius 1 is 1.35 bits per heavy atom. The van der Waals surface area contributed by atoms with Crippen molar-refractivity contribution in [3.63, 3.8) is 0 Å². The molecule has 1 saturated heterocycles. The van der Waals surface area contributed by atoms with Gasteiger partial charge >= 0.3 is 0 Å². The summed E-state index contributed by atoms with van der Waals surface area (Å²) in [5.74, 6) is 3.05. The first-order chi connectivity index (χ1) is 8.40. The van der Waals surface area contributed by atoms with E-state index in [1.54, 1.807) is 7.11 Å². The highest BCUT2D eigenvalue weighted by atomic mass is 32.2. The lowest BCUT2D eigenvalue weighted by molar-refractivity contribution is 0.414. The molecule has 0 aliphatic carbocycles. The molecular weight excluding hydrogens is 230 g/mol. The van der Waals surface area contributed by atoms with Crippen molar-refractivity contribution in [2.75, 3.05) is 24.7 Å². The van der Waals surface area contributed by atoms with Crippen LogP contribution in [0, 0.1) is 0 Å². The Morgan fingerprint density at radius 2 is 2.29 bits per heavy atom. The van der Waals surface area contributed by atoms with Gasteiger partial charge in [-0.3, -0.25) is 0 Å². The SMILES string of the molecule is COc1cccc2c1NCCC2C1CCCS1. The van der Waals surface area contributed by atoms with Gasteiger partial charge in [0.25, 0.3) is 0 Å². The maximum Gasteiger partial charge on any atom is 0.142 e. The van der Waals surface area contributed by atoms with E-state index in [9.17, 15) is 0 Å². The molecule has 0 saturated carbocycles. The van der Waals surface area contributed by atoms with Crippen LogP contribution in [0.1, 0.15) is 30.7 Å². The van der Waals surface area contributed by atoms with Gasteiger partial charge in [0.05, 0.1) is 12.8 Å². The number of rotatable bonds is 2. The number of ether oxygens (including phenoxy) is 1. The van der Waals surface area contributed by atoms with Crippen LogP contribution in [0.25, 0.3) is 0 Å². The van der Waals surface area contributed by atoms with E-state index in [1.807, 2.05) is 0 Å². The maximum absolute atomic E-state index is 5.45. The number of hydrogen-bond acceptors (Lipinski definition) is 3. The molecule has 2 nitrogen and oxygen atoms in total. The fraction of sp³-hybridized carbons (Fsp3) is 0.571. The Morgan fingerprint density at radius 3 is 3.06 bits per heavy atom. The van der Waals surface area contributed by atoms with Crippen LogP contribution in [0.4, 0.5) is 5.69 Å². The number of hydrogen-bond donors (Lipinski definition) is 1. The zero-order valence-electron chi connectivity index (χ0n) is 10.2. The van der Waals surface area contributed by atoms with E-state index in [1.165, 1.54) is 36.3 Å². The first-order valence-corrected chi connectivity index (χ1v) is 7.47. The molecule has 2 atom stereocenters. The quantitative estimate of drug-likeness (QED) is 0.867. The molecule has 0 radical (unpaired) electrons. The van der Waals surface area contributed by atoms with Gasteiger partial charge in [-0.05, 0) is 42.6 Å². The summed E-state index contributed by atoms with van der Waals surface area (Å²) in [6, 6.07) is 6.45. The highest BCUT2D eigenvalue weighted by Crippen LogP contribution is 2.45. The van der Waals surface area contributed by atoms with Gasteiger partial charge in [-0.1, -0.05) is 12.1 Å². The van der Waals surface area contributed by atoms with Crippen LogP contribution >= 0.6 is 11.8 Å². The molecule has 0 bridgehead atoms. The average Bonchev–Trinajstić information content (AvgIpc) is 2.91. The van der Waals surface area contributed by atoms with Crippen LogP contribution < -0.4 is 10.1 Å². The molecule has 0 amide bonds. The third kappa shape index (κ3) is 2.01. The molecular formula is C14H19NOS. The summed E-state index contributed by atoms with van der Waals surface area (Å²) in [5, 5.41) is 4.32. The van der Waals surface area contributed by atoms with Crippen molar-refractivity contribution < 1.29 is 4.74 Å².